The Kier molecular flexibility index (Phi) is 3.81. The van der Waals surface area contributed by atoms with E-state index >= 15 is 0 Å². The van der Waals surface area contributed by atoms with Crippen molar-refractivity contribution in [3.8, 4) is 0 Å². The molecule has 3 nitrogen and oxygen atoms in total. The molecule has 1 unspecified atom stereocenters. The lowest BCUT2D eigenvalue weighted by Crippen LogP contribution is -2.22. The largest absolute Gasteiger partial charge is 0.399 e. The fourth-order valence-corrected chi connectivity index (χ4v) is 3.56. The third-order valence-corrected chi connectivity index (χ3v) is 4.87. The number of nitrogen functional groups attached to an aromatic ring is 1. The van der Waals surface area contributed by atoms with E-state index in [0.29, 0.717) is 17.0 Å². The Labute approximate surface area is 140 Å². The maximum absolute atomic E-state index is 14.0. The summed E-state index contributed by atoms with van der Waals surface area (Å²) >= 11 is 0. The number of fused-ring (bicyclic) bond motifs is 2. The number of halogens is 1. The first-order valence-corrected chi connectivity index (χ1v) is 8.35. The maximum atomic E-state index is 14.0. The van der Waals surface area contributed by atoms with E-state index in [1.54, 1.807) is 12.1 Å². The molecule has 122 valence electrons. The van der Waals surface area contributed by atoms with Gasteiger partial charge in [-0.25, -0.2) is 9.37 Å². The first-order valence-electron chi connectivity index (χ1n) is 8.35. The van der Waals surface area contributed by atoms with E-state index in [0.717, 1.165) is 37.0 Å². The molecular formula is C20H20FN3. The molecule has 0 spiro atoms. The highest BCUT2D eigenvalue weighted by Crippen LogP contribution is 2.28. The molecule has 0 bridgehead atoms. The van der Waals surface area contributed by atoms with Crippen LogP contribution in [-0.2, 0) is 12.8 Å². The highest BCUT2D eigenvalue weighted by molar-refractivity contribution is 5.94. The molecule has 1 heterocycles. The predicted molar refractivity (Wildman–Crippen MR) is 96.6 cm³/mol. The van der Waals surface area contributed by atoms with Crippen LogP contribution in [-0.4, -0.2) is 11.5 Å². The van der Waals surface area contributed by atoms with E-state index < -0.39 is 0 Å². The molecule has 4 rings (SSSR count). The number of nitrogens with zero attached hydrogens (tertiary/aromatic N) is 1. The summed E-state index contributed by atoms with van der Waals surface area (Å²) in [6.45, 7) is 0.840. The number of hydrogen-bond donors (Lipinski definition) is 2. The molecule has 0 aliphatic heterocycles. The number of nitrogens with two attached hydrogens (primary N) is 1. The van der Waals surface area contributed by atoms with Crippen molar-refractivity contribution in [3.63, 3.8) is 0 Å². The van der Waals surface area contributed by atoms with E-state index in [-0.39, 0.29) is 5.82 Å². The van der Waals surface area contributed by atoms with Crippen LogP contribution in [0.5, 0.6) is 0 Å². The second-order valence-electron chi connectivity index (χ2n) is 6.52. The molecule has 4 heteroatoms. The van der Waals surface area contributed by atoms with E-state index in [4.69, 9.17) is 5.73 Å². The van der Waals surface area contributed by atoms with Gasteiger partial charge in [0.25, 0.3) is 0 Å². The van der Waals surface area contributed by atoms with Crippen LogP contribution < -0.4 is 11.1 Å². The monoisotopic (exact) mass is 321 g/mol. The van der Waals surface area contributed by atoms with Gasteiger partial charge in [-0.05, 0) is 54.5 Å². The van der Waals surface area contributed by atoms with Crippen LogP contribution in [0.25, 0.3) is 10.8 Å². The molecule has 0 fully saturated rings. The minimum atomic E-state index is -0.338. The van der Waals surface area contributed by atoms with E-state index in [2.05, 4.69) is 34.6 Å². The number of pyridine rings is 1. The maximum Gasteiger partial charge on any atom is 0.149 e. The van der Waals surface area contributed by atoms with Crippen LogP contribution in [0.4, 0.5) is 15.9 Å². The summed E-state index contributed by atoms with van der Waals surface area (Å²) in [6, 6.07) is 13.9. The molecule has 24 heavy (non-hydrogen) atoms. The SMILES string of the molecule is Nc1ccc2c(NCC3CCc4ccccc4C3)ncc(F)c2c1. The van der Waals surface area contributed by atoms with Gasteiger partial charge in [-0.2, -0.15) is 0 Å². The van der Waals surface area contributed by atoms with Crippen molar-refractivity contribution >= 4 is 22.3 Å². The van der Waals surface area contributed by atoms with E-state index in [1.807, 2.05) is 6.07 Å². The van der Waals surface area contributed by atoms with Crippen LogP contribution in [0.2, 0.25) is 0 Å². The van der Waals surface area contributed by atoms with Crippen molar-refractivity contribution in [2.75, 3.05) is 17.6 Å². The highest BCUT2D eigenvalue weighted by atomic mass is 19.1. The molecule has 0 saturated carbocycles. The van der Waals surface area contributed by atoms with Crippen LogP contribution in [0.1, 0.15) is 17.5 Å². The van der Waals surface area contributed by atoms with Crippen LogP contribution in [0.3, 0.4) is 0 Å². The zero-order valence-electron chi connectivity index (χ0n) is 13.4. The quantitative estimate of drug-likeness (QED) is 0.712. The zero-order chi connectivity index (χ0) is 16.5. The molecule has 1 aliphatic carbocycles. The average molecular weight is 321 g/mol. The van der Waals surface area contributed by atoms with E-state index in [9.17, 15) is 4.39 Å². The number of benzene rings is 2. The van der Waals surface area contributed by atoms with Crippen molar-refractivity contribution in [1.82, 2.24) is 4.98 Å². The fourth-order valence-electron chi connectivity index (χ4n) is 3.56. The van der Waals surface area contributed by atoms with Crippen molar-refractivity contribution in [2.45, 2.75) is 19.3 Å². The van der Waals surface area contributed by atoms with Gasteiger partial charge in [-0.1, -0.05) is 24.3 Å². The van der Waals surface area contributed by atoms with Crippen molar-refractivity contribution < 1.29 is 4.39 Å². The van der Waals surface area contributed by atoms with Gasteiger partial charge < -0.3 is 11.1 Å². The van der Waals surface area contributed by atoms with Gasteiger partial charge in [0, 0.05) is 23.0 Å². The van der Waals surface area contributed by atoms with Gasteiger partial charge in [0.05, 0.1) is 6.20 Å². The molecule has 2 aromatic carbocycles. The minimum absolute atomic E-state index is 0.338. The number of aromatic nitrogens is 1. The van der Waals surface area contributed by atoms with Gasteiger partial charge in [-0.3, -0.25) is 0 Å². The van der Waals surface area contributed by atoms with Gasteiger partial charge in [0.1, 0.15) is 11.6 Å². The predicted octanol–water partition coefficient (Wildman–Crippen LogP) is 4.17. The van der Waals surface area contributed by atoms with Crippen molar-refractivity contribution in [2.24, 2.45) is 5.92 Å². The van der Waals surface area contributed by atoms with E-state index in [1.165, 1.54) is 17.3 Å². The Morgan fingerprint density at radius 2 is 1.96 bits per heavy atom. The third kappa shape index (κ3) is 2.80. The molecular weight excluding hydrogens is 301 g/mol. The Morgan fingerprint density at radius 1 is 1.12 bits per heavy atom. The van der Waals surface area contributed by atoms with Crippen LogP contribution >= 0.6 is 0 Å². The topological polar surface area (TPSA) is 50.9 Å². The zero-order valence-corrected chi connectivity index (χ0v) is 13.4. The number of aryl methyl sites for hydroxylation is 1. The average Bonchev–Trinajstić information content (AvgIpc) is 2.61. The molecule has 1 aliphatic rings. The lowest BCUT2D eigenvalue weighted by Gasteiger charge is -2.25. The summed E-state index contributed by atoms with van der Waals surface area (Å²) in [6.07, 6.45) is 4.63. The summed E-state index contributed by atoms with van der Waals surface area (Å²) in [5.41, 5.74) is 9.24. The molecule has 3 N–H and O–H groups in total. The lowest BCUT2D eigenvalue weighted by atomic mass is 9.84. The van der Waals surface area contributed by atoms with Crippen LogP contribution in [0.15, 0.2) is 48.7 Å². The van der Waals surface area contributed by atoms with Crippen molar-refractivity contribution in [3.05, 3.63) is 65.6 Å². The highest BCUT2D eigenvalue weighted by Gasteiger charge is 2.18. The number of rotatable bonds is 3. The summed E-state index contributed by atoms with van der Waals surface area (Å²) in [5.74, 6) is 0.954. The number of hydrogen-bond acceptors (Lipinski definition) is 3. The number of anilines is 2. The molecule has 0 amide bonds. The van der Waals surface area contributed by atoms with Gasteiger partial charge in [0.2, 0.25) is 0 Å². The normalized spacial score (nSPS) is 16.8. The van der Waals surface area contributed by atoms with Crippen LogP contribution in [0, 0.1) is 11.7 Å². The fraction of sp³-hybridized carbons (Fsp3) is 0.250. The standard InChI is InChI=1S/C20H20FN3/c21-19-12-24-20(17-8-7-16(22)10-18(17)19)23-11-13-5-6-14-3-1-2-4-15(14)9-13/h1-4,7-8,10,12-13H,5-6,9,11,22H2,(H,23,24). The Hall–Kier alpha value is -2.62. The molecule has 1 atom stereocenters. The molecule has 1 aromatic heterocycles. The Balaban J connectivity index is 1.53. The number of nitrogens with one attached hydrogen (secondary N) is 1. The van der Waals surface area contributed by atoms with Gasteiger partial charge in [0.15, 0.2) is 0 Å². The minimum Gasteiger partial charge on any atom is -0.399 e. The molecule has 0 radical (unpaired) electrons. The first kappa shape index (κ1) is 14.9. The van der Waals surface area contributed by atoms with Gasteiger partial charge in [-0.15, -0.1) is 0 Å². The smallest absolute Gasteiger partial charge is 0.149 e. The molecule has 0 saturated heterocycles. The first-order chi connectivity index (χ1) is 11.7. The summed E-state index contributed by atoms with van der Waals surface area (Å²) in [5, 5.41) is 4.71. The summed E-state index contributed by atoms with van der Waals surface area (Å²) in [4.78, 5) is 4.24. The van der Waals surface area contributed by atoms with Gasteiger partial charge >= 0.3 is 0 Å². The second-order valence-corrected chi connectivity index (χ2v) is 6.52. The summed E-state index contributed by atoms with van der Waals surface area (Å²) < 4.78 is 14.0. The Morgan fingerprint density at radius 3 is 2.83 bits per heavy atom. The van der Waals surface area contributed by atoms with Crippen molar-refractivity contribution in [1.29, 1.82) is 0 Å². The third-order valence-electron chi connectivity index (χ3n) is 4.87. The summed E-state index contributed by atoms with van der Waals surface area (Å²) in [7, 11) is 0. The lowest BCUT2D eigenvalue weighted by molar-refractivity contribution is 0.480. The molecule has 3 aromatic rings. The Bertz CT molecular complexity index is 891. The second kappa shape index (κ2) is 6.11.